The van der Waals surface area contributed by atoms with Gasteiger partial charge in [0.15, 0.2) is 0 Å². The predicted molar refractivity (Wildman–Crippen MR) is 103 cm³/mol. The van der Waals surface area contributed by atoms with Gasteiger partial charge in [0, 0.05) is 28.7 Å². The molecule has 2 heterocycles. The summed E-state index contributed by atoms with van der Waals surface area (Å²) >= 11 is 3.34. The number of fused-ring (bicyclic) bond motifs is 2. The lowest BCUT2D eigenvalue weighted by Crippen LogP contribution is -2.31. The molecule has 4 nitrogen and oxygen atoms in total. The van der Waals surface area contributed by atoms with Crippen LogP contribution in [0.2, 0.25) is 0 Å². The van der Waals surface area contributed by atoms with E-state index in [0.29, 0.717) is 0 Å². The molecule has 25 heavy (non-hydrogen) atoms. The largest absolute Gasteiger partial charge is 0.352 e. The average molecular weight is 399 g/mol. The van der Waals surface area contributed by atoms with Gasteiger partial charge in [-0.1, -0.05) is 46.8 Å². The number of benzene rings is 2. The highest BCUT2D eigenvalue weighted by Crippen LogP contribution is 2.19. The minimum atomic E-state index is 0.0324. The van der Waals surface area contributed by atoms with Gasteiger partial charge in [-0.25, -0.2) is 0 Å². The van der Waals surface area contributed by atoms with Crippen LogP contribution in [0.4, 0.5) is 0 Å². The zero-order valence-electron chi connectivity index (χ0n) is 13.8. The number of amides is 2. The van der Waals surface area contributed by atoms with Gasteiger partial charge in [-0.2, -0.15) is 0 Å². The summed E-state index contributed by atoms with van der Waals surface area (Å²) < 4.78 is 0.957. The number of hydrogen-bond donors (Lipinski definition) is 2. The Bertz CT molecular complexity index is 846. The molecular weight excluding hydrogens is 380 g/mol. The molecule has 0 bridgehead atoms. The smallest absolute Gasteiger partial charge is 0.251 e. The number of halogens is 1. The van der Waals surface area contributed by atoms with Gasteiger partial charge >= 0.3 is 0 Å². The van der Waals surface area contributed by atoms with Crippen LogP contribution in [0.25, 0.3) is 6.08 Å². The molecule has 0 aliphatic carbocycles. The van der Waals surface area contributed by atoms with Gasteiger partial charge in [-0.05, 0) is 47.7 Å². The van der Waals surface area contributed by atoms with E-state index in [0.717, 1.165) is 58.2 Å². The highest BCUT2D eigenvalue weighted by atomic mass is 79.9. The first kappa shape index (κ1) is 17.4. The lowest BCUT2D eigenvalue weighted by molar-refractivity contribution is 0.0937. The summed E-state index contributed by atoms with van der Waals surface area (Å²) in [5.41, 5.74) is 4.87. The second-order valence-corrected chi connectivity index (χ2v) is 6.85. The standard InChI is InChI=1S/C11H11NO.C9H8BrNO/c1-2-8-3-4-9-5-6-12-11(13)10(9)7-8;10-7-2-1-6-3-4-11-9(12)8(6)5-7/h2-4,7H,1,5-6H2,(H,12,13);1-2,5H,3-4H2,(H,11,12). The molecule has 2 aliphatic heterocycles. The topological polar surface area (TPSA) is 58.2 Å². The van der Waals surface area contributed by atoms with Crippen LogP contribution >= 0.6 is 15.9 Å². The van der Waals surface area contributed by atoms with Crippen LogP contribution in [0.5, 0.6) is 0 Å². The first-order valence-corrected chi connectivity index (χ1v) is 8.98. The molecule has 2 aromatic carbocycles. The van der Waals surface area contributed by atoms with E-state index in [1.165, 1.54) is 0 Å². The van der Waals surface area contributed by atoms with Gasteiger partial charge in [0.05, 0.1) is 0 Å². The van der Waals surface area contributed by atoms with E-state index in [2.05, 4.69) is 33.1 Å². The van der Waals surface area contributed by atoms with Crippen molar-refractivity contribution in [3.05, 3.63) is 75.3 Å². The van der Waals surface area contributed by atoms with Gasteiger partial charge in [-0.3, -0.25) is 9.59 Å². The van der Waals surface area contributed by atoms with Crippen molar-refractivity contribution in [2.24, 2.45) is 0 Å². The molecule has 0 radical (unpaired) electrons. The SMILES string of the molecule is C=Cc1ccc2c(c1)C(=O)NCC2.O=C1NCCc2ccc(Br)cc21. The van der Waals surface area contributed by atoms with Crippen LogP contribution in [0.15, 0.2) is 47.4 Å². The van der Waals surface area contributed by atoms with E-state index in [1.54, 1.807) is 6.08 Å². The predicted octanol–water partition coefficient (Wildman–Crippen LogP) is 3.35. The first-order chi connectivity index (χ1) is 12.1. The summed E-state index contributed by atoms with van der Waals surface area (Å²) in [6, 6.07) is 11.7. The van der Waals surface area contributed by atoms with Crippen LogP contribution < -0.4 is 10.6 Å². The molecule has 0 atom stereocenters. The monoisotopic (exact) mass is 398 g/mol. The van der Waals surface area contributed by atoms with Crippen molar-refractivity contribution in [1.29, 1.82) is 0 Å². The Kier molecular flexibility index (Phi) is 5.34. The molecule has 5 heteroatoms. The Morgan fingerprint density at radius 2 is 1.44 bits per heavy atom. The van der Waals surface area contributed by atoms with Crippen molar-refractivity contribution in [3.8, 4) is 0 Å². The summed E-state index contributed by atoms with van der Waals surface area (Å²) in [5.74, 6) is 0.0718. The Labute approximate surface area is 155 Å². The minimum Gasteiger partial charge on any atom is -0.352 e. The molecule has 2 N–H and O–H groups in total. The number of hydrogen-bond acceptors (Lipinski definition) is 2. The molecular formula is C20H19BrN2O2. The molecule has 2 aliphatic rings. The van der Waals surface area contributed by atoms with E-state index < -0.39 is 0 Å². The summed E-state index contributed by atoms with van der Waals surface area (Å²) in [4.78, 5) is 22.7. The second kappa shape index (κ2) is 7.66. The maximum absolute atomic E-state index is 11.4. The average Bonchev–Trinajstić information content (AvgIpc) is 2.63. The van der Waals surface area contributed by atoms with Crippen molar-refractivity contribution < 1.29 is 9.59 Å². The zero-order valence-corrected chi connectivity index (χ0v) is 15.4. The van der Waals surface area contributed by atoms with E-state index in [-0.39, 0.29) is 11.8 Å². The fourth-order valence-electron chi connectivity index (χ4n) is 2.94. The lowest BCUT2D eigenvalue weighted by Gasteiger charge is -2.16. The highest BCUT2D eigenvalue weighted by molar-refractivity contribution is 9.10. The summed E-state index contributed by atoms with van der Waals surface area (Å²) in [6.45, 7) is 5.18. The van der Waals surface area contributed by atoms with Gasteiger partial charge in [-0.15, -0.1) is 0 Å². The maximum atomic E-state index is 11.4. The van der Waals surface area contributed by atoms with E-state index in [1.807, 2.05) is 36.4 Å². The molecule has 0 fully saturated rings. The Morgan fingerprint density at radius 3 is 2.04 bits per heavy atom. The summed E-state index contributed by atoms with van der Waals surface area (Å²) in [6.07, 6.45) is 3.62. The number of carbonyl (C=O) groups is 2. The minimum absolute atomic E-state index is 0.0324. The quantitative estimate of drug-likeness (QED) is 0.773. The van der Waals surface area contributed by atoms with Crippen LogP contribution in [-0.2, 0) is 12.8 Å². The van der Waals surface area contributed by atoms with E-state index >= 15 is 0 Å². The van der Waals surface area contributed by atoms with E-state index in [9.17, 15) is 9.59 Å². The third kappa shape index (κ3) is 3.99. The van der Waals surface area contributed by atoms with E-state index in [4.69, 9.17) is 0 Å². The van der Waals surface area contributed by atoms with Gasteiger partial charge in [0.1, 0.15) is 0 Å². The Balaban J connectivity index is 0.000000146. The number of nitrogens with one attached hydrogen (secondary N) is 2. The molecule has 4 rings (SSSR count). The van der Waals surface area contributed by atoms with Crippen molar-refractivity contribution in [3.63, 3.8) is 0 Å². The fraction of sp³-hybridized carbons (Fsp3) is 0.200. The summed E-state index contributed by atoms with van der Waals surface area (Å²) in [5, 5.41) is 5.62. The van der Waals surface area contributed by atoms with Crippen molar-refractivity contribution in [2.75, 3.05) is 13.1 Å². The van der Waals surface area contributed by atoms with Crippen LogP contribution in [-0.4, -0.2) is 24.9 Å². The molecule has 0 spiro atoms. The molecule has 2 aromatic rings. The number of carbonyl (C=O) groups excluding carboxylic acids is 2. The van der Waals surface area contributed by atoms with Crippen molar-refractivity contribution in [2.45, 2.75) is 12.8 Å². The molecule has 128 valence electrons. The molecule has 0 saturated carbocycles. The van der Waals surface area contributed by atoms with Crippen molar-refractivity contribution in [1.82, 2.24) is 10.6 Å². The summed E-state index contributed by atoms with van der Waals surface area (Å²) in [7, 11) is 0. The molecule has 0 aromatic heterocycles. The zero-order chi connectivity index (χ0) is 17.8. The van der Waals surface area contributed by atoms with Crippen LogP contribution in [0.1, 0.15) is 37.4 Å². The van der Waals surface area contributed by atoms with Gasteiger partial charge in [0.2, 0.25) is 0 Å². The number of rotatable bonds is 1. The molecule has 2 amide bonds. The maximum Gasteiger partial charge on any atom is 0.251 e. The lowest BCUT2D eigenvalue weighted by atomic mass is 9.98. The van der Waals surface area contributed by atoms with Crippen LogP contribution in [0.3, 0.4) is 0 Å². The van der Waals surface area contributed by atoms with Crippen LogP contribution in [0, 0.1) is 0 Å². The third-order valence-corrected chi connectivity index (χ3v) is 4.78. The second-order valence-electron chi connectivity index (χ2n) is 5.93. The third-order valence-electron chi connectivity index (χ3n) is 4.29. The normalized spacial score (nSPS) is 14.9. The fourth-order valence-corrected chi connectivity index (χ4v) is 3.30. The highest BCUT2D eigenvalue weighted by Gasteiger charge is 2.16. The van der Waals surface area contributed by atoms with Gasteiger partial charge in [0.25, 0.3) is 11.8 Å². The van der Waals surface area contributed by atoms with Gasteiger partial charge < -0.3 is 10.6 Å². The first-order valence-electron chi connectivity index (χ1n) is 8.18. The molecule has 0 unspecified atom stereocenters. The Morgan fingerprint density at radius 1 is 0.880 bits per heavy atom. The Hall–Kier alpha value is -2.40. The van der Waals surface area contributed by atoms with Crippen molar-refractivity contribution >= 4 is 33.8 Å². The molecule has 0 saturated heterocycles.